The van der Waals surface area contributed by atoms with Gasteiger partial charge in [-0.05, 0) is 62.0 Å². The smallest absolute Gasteiger partial charge is 0.251 e. The number of carbonyl (C=O) groups excluding carboxylic acids is 2. The second-order valence-electron chi connectivity index (χ2n) is 8.12. The maximum atomic E-state index is 12.1. The highest BCUT2D eigenvalue weighted by atomic mass is 16.2. The number of nitrogens with zero attached hydrogens (tertiary/aromatic N) is 1. The molecule has 144 valence electrons. The van der Waals surface area contributed by atoms with E-state index in [1.807, 2.05) is 24.3 Å². The first-order valence-corrected chi connectivity index (χ1v) is 9.74. The molecule has 1 heterocycles. The van der Waals surface area contributed by atoms with Crippen molar-refractivity contribution in [3.8, 4) is 0 Å². The molecule has 0 bridgehead atoms. The van der Waals surface area contributed by atoms with Crippen molar-refractivity contribution in [3.05, 3.63) is 35.4 Å². The van der Waals surface area contributed by atoms with Gasteiger partial charge in [0.05, 0.1) is 6.54 Å². The number of benzene rings is 1. The van der Waals surface area contributed by atoms with Crippen LogP contribution in [0.2, 0.25) is 0 Å². The van der Waals surface area contributed by atoms with E-state index >= 15 is 0 Å². The summed E-state index contributed by atoms with van der Waals surface area (Å²) < 4.78 is 0. The highest BCUT2D eigenvalue weighted by Gasteiger charge is 2.14. The molecule has 0 aromatic heterocycles. The number of likely N-dealkylation sites (tertiary alicyclic amines) is 1. The van der Waals surface area contributed by atoms with Gasteiger partial charge in [-0.2, -0.15) is 0 Å². The third kappa shape index (κ3) is 6.79. The second-order valence-corrected chi connectivity index (χ2v) is 8.12. The molecule has 5 nitrogen and oxygen atoms in total. The Bertz CT molecular complexity index is 584. The van der Waals surface area contributed by atoms with Gasteiger partial charge in [-0.3, -0.25) is 9.59 Å². The minimum absolute atomic E-state index is 0.0174. The van der Waals surface area contributed by atoms with Crippen LogP contribution in [-0.2, 0) is 10.2 Å². The van der Waals surface area contributed by atoms with Gasteiger partial charge in [-0.25, -0.2) is 0 Å². The lowest BCUT2D eigenvalue weighted by Gasteiger charge is -2.26. The molecule has 0 atom stereocenters. The molecule has 1 aliphatic rings. The van der Waals surface area contributed by atoms with Crippen LogP contribution < -0.4 is 10.6 Å². The van der Waals surface area contributed by atoms with E-state index in [1.54, 1.807) is 0 Å². The summed E-state index contributed by atoms with van der Waals surface area (Å²) in [6.45, 7) is 10.5. The molecule has 2 rings (SSSR count). The van der Waals surface area contributed by atoms with Gasteiger partial charge in [0.1, 0.15) is 0 Å². The van der Waals surface area contributed by atoms with Gasteiger partial charge in [-0.15, -0.1) is 0 Å². The normalized spacial score (nSPS) is 15.5. The molecule has 1 fully saturated rings. The molecule has 0 radical (unpaired) electrons. The first-order valence-electron chi connectivity index (χ1n) is 9.74. The molecular formula is C21H33N3O2. The predicted molar refractivity (Wildman–Crippen MR) is 105 cm³/mol. The van der Waals surface area contributed by atoms with Crippen molar-refractivity contribution < 1.29 is 9.59 Å². The van der Waals surface area contributed by atoms with Crippen LogP contribution in [0.1, 0.15) is 62.4 Å². The van der Waals surface area contributed by atoms with Gasteiger partial charge in [0, 0.05) is 12.1 Å². The zero-order valence-electron chi connectivity index (χ0n) is 16.4. The van der Waals surface area contributed by atoms with Crippen molar-refractivity contribution in [1.82, 2.24) is 15.5 Å². The lowest BCUT2D eigenvalue weighted by atomic mass is 9.87. The molecule has 0 unspecified atom stereocenters. The number of nitrogens with one attached hydrogen (secondary N) is 2. The highest BCUT2D eigenvalue weighted by molar-refractivity contribution is 5.96. The van der Waals surface area contributed by atoms with Crippen LogP contribution in [0.25, 0.3) is 0 Å². The Balaban J connectivity index is 1.64. The van der Waals surface area contributed by atoms with Gasteiger partial charge < -0.3 is 15.5 Å². The molecular weight excluding hydrogens is 326 g/mol. The third-order valence-corrected chi connectivity index (χ3v) is 4.84. The summed E-state index contributed by atoms with van der Waals surface area (Å²) in [7, 11) is 0. The first kappa shape index (κ1) is 20.4. The number of carbonyl (C=O) groups is 2. The highest BCUT2D eigenvalue weighted by Crippen LogP contribution is 2.22. The Morgan fingerprint density at radius 1 is 1.00 bits per heavy atom. The van der Waals surface area contributed by atoms with Crippen molar-refractivity contribution >= 4 is 11.8 Å². The molecule has 2 N–H and O–H groups in total. The zero-order chi connectivity index (χ0) is 19.0. The van der Waals surface area contributed by atoms with E-state index in [9.17, 15) is 9.59 Å². The van der Waals surface area contributed by atoms with Crippen molar-refractivity contribution in [3.63, 3.8) is 0 Å². The van der Waals surface area contributed by atoms with Gasteiger partial charge in [0.25, 0.3) is 5.91 Å². The minimum atomic E-state index is -0.214. The molecule has 2 amide bonds. The summed E-state index contributed by atoms with van der Waals surface area (Å²) in [5, 5.41) is 5.56. The number of rotatable bonds is 7. The van der Waals surface area contributed by atoms with E-state index in [1.165, 1.54) is 37.9 Å². The number of amides is 2. The number of hydrogen-bond donors (Lipinski definition) is 2. The van der Waals surface area contributed by atoms with E-state index in [0.29, 0.717) is 12.1 Å². The molecule has 5 heteroatoms. The maximum Gasteiger partial charge on any atom is 0.251 e. The molecule has 0 aliphatic carbocycles. The van der Waals surface area contributed by atoms with Crippen LogP contribution >= 0.6 is 0 Å². The van der Waals surface area contributed by atoms with Crippen LogP contribution in [0.4, 0.5) is 0 Å². The Morgan fingerprint density at radius 3 is 2.27 bits per heavy atom. The van der Waals surface area contributed by atoms with Crippen LogP contribution in [0.15, 0.2) is 24.3 Å². The van der Waals surface area contributed by atoms with Crippen molar-refractivity contribution in [2.75, 3.05) is 32.7 Å². The van der Waals surface area contributed by atoms with Gasteiger partial charge >= 0.3 is 0 Å². The molecule has 0 saturated carbocycles. The Hall–Kier alpha value is -1.88. The lowest BCUT2D eigenvalue weighted by molar-refractivity contribution is -0.120. The van der Waals surface area contributed by atoms with Crippen LogP contribution in [0, 0.1) is 0 Å². The maximum absolute atomic E-state index is 12.1. The summed E-state index contributed by atoms with van der Waals surface area (Å²) >= 11 is 0. The summed E-state index contributed by atoms with van der Waals surface area (Å²) in [6.07, 6.45) is 4.87. The van der Waals surface area contributed by atoms with Crippen LogP contribution in [0.5, 0.6) is 0 Å². The average Bonchev–Trinajstić information content (AvgIpc) is 2.63. The van der Waals surface area contributed by atoms with Crippen molar-refractivity contribution in [1.29, 1.82) is 0 Å². The van der Waals surface area contributed by atoms with E-state index in [-0.39, 0.29) is 23.8 Å². The summed E-state index contributed by atoms with van der Waals surface area (Å²) in [5.74, 6) is -0.350. The molecule has 0 spiro atoms. The third-order valence-electron chi connectivity index (χ3n) is 4.84. The SMILES string of the molecule is CC(C)(C)c1ccc(C(=O)NCC(=O)NCCCN2CCCCC2)cc1. The van der Waals surface area contributed by atoms with E-state index in [4.69, 9.17) is 0 Å². The van der Waals surface area contributed by atoms with Gasteiger partial charge in [-0.1, -0.05) is 39.3 Å². The topological polar surface area (TPSA) is 61.4 Å². The van der Waals surface area contributed by atoms with Crippen LogP contribution in [-0.4, -0.2) is 49.4 Å². The Kier molecular flexibility index (Phi) is 7.64. The molecule has 26 heavy (non-hydrogen) atoms. The van der Waals surface area contributed by atoms with Crippen molar-refractivity contribution in [2.45, 2.75) is 51.9 Å². The Morgan fingerprint density at radius 2 is 1.65 bits per heavy atom. The zero-order valence-corrected chi connectivity index (χ0v) is 16.4. The summed E-state index contributed by atoms with van der Waals surface area (Å²) in [5.41, 5.74) is 1.82. The average molecular weight is 360 g/mol. The Labute approximate surface area is 157 Å². The summed E-state index contributed by atoms with van der Waals surface area (Å²) in [6, 6.07) is 7.56. The largest absolute Gasteiger partial charge is 0.355 e. The van der Waals surface area contributed by atoms with Crippen LogP contribution in [0.3, 0.4) is 0 Å². The van der Waals surface area contributed by atoms with Gasteiger partial charge in [0.2, 0.25) is 5.91 Å². The standard InChI is InChI=1S/C21H33N3O2/c1-21(2,3)18-10-8-17(9-11-18)20(26)23-16-19(25)22-12-7-15-24-13-5-4-6-14-24/h8-11H,4-7,12-16H2,1-3H3,(H,22,25)(H,23,26). The molecule has 1 aromatic rings. The number of piperidine rings is 1. The second kappa shape index (κ2) is 9.72. The minimum Gasteiger partial charge on any atom is -0.355 e. The van der Waals surface area contributed by atoms with E-state index < -0.39 is 0 Å². The van der Waals surface area contributed by atoms with E-state index in [2.05, 4.69) is 36.3 Å². The number of hydrogen-bond acceptors (Lipinski definition) is 3. The summed E-state index contributed by atoms with van der Waals surface area (Å²) in [4.78, 5) is 26.5. The predicted octanol–water partition coefficient (Wildman–Crippen LogP) is 2.71. The van der Waals surface area contributed by atoms with E-state index in [0.717, 1.165) is 13.0 Å². The lowest BCUT2D eigenvalue weighted by Crippen LogP contribution is -2.38. The fourth-order valence-electron chi connectivity index (χ4n) is 3.16. The molecule has 1 aromatic carbocycles. The molecule has 1 aliphatic heterocycles. The van der Waals surface area contributed by atoms with Gasteiger partial charge in [0.15, 0.2) is 0 Å². The quantitative estimate of drug-likeness (QED) is 0.736. The fraction of sp³-hybridized carbons (Fsp3) is 0.619. The molecule has 1 saturated heterocycles. The van der Waals surface area contributed by atoms with Crippen molar-refractivity contribution in [2.24, 2.45) is 0 Å². The fourth-order valence-corrected chi connectivity index (χ4v) is 3.16. The monoisotopic (exact) mass is 359 g/mol. The first-order chi connectivity index (χ1) is 12.4.